The maximum absolute atomic E-state index is 13.0. The highest BCUT2D eigenvalue weighted by atomic mass is 16.5. The molecule has 2 amide bonds. The maximum Gasteiger partial charge on any atom is 0.259 e. The van der Waals surface area contributed by atoms with Gasteiger partial charge in [0.05, 0.1) is 16.6 Å². The van der Waals surface area contributed by atoms with Gasteiger partial charge >= 0.3 is 0 Å². The van der Waals surface area contributed by atoms with Crippen molar-refractivity contribution in [2.45, 2.75) is 44.6 Å². The zero-order chi connectivity index (χ0) is 19.3. The van der Waals surface area contributed by atoms with Gasteiger partial charge in [-0.25, -0.2) is 4.98 Å². The molecule has 7 nitrogen and oxygen atoms in total. The van der Waals surface area contributed by atoms with Gasteiger partial charge in [-0.2, -0.15) is 0 Å². The second-order valence-corrected chi connectivity index (χ2v) is 7.60. The average molecular weight is 376 g/mol. The van der Waals surface area contributed by atoms with Crippen LogP contribution in [-0.2, 0) is 0 Å². The van der Waals surface area contributed by atoms with Crippen LogP contribution in [0.3, 0.4) is 0 Å². The Morgan fingerprint density at radius 2 is 1.82 bits per heavy atom. The van der Waals surface area contributed by atoms with Crippen molar-refractivity contribution in [3.8, 4) is 0 Å². The second-order valence-electron chi connectivity index (χ2n) is 7.60. The fourth-order valence-electron chi connectivity index (χ4n) is 3.28. The number of benzene rings is 1. The van der Waals surface area contributed by atoms with Gasteiger partial charge in [0.1, 0.15) is 0 Å². The summed E-state index contributed by atoms with van der Waals surface area (Å²) in [6.07, 6.45) is 4.25. The standard InChI is InChI=1S/C21H20N4O3/c1-11-18-16(10-17(12-2-3-12)24-21(18)28-25-11)20(27)23-14-6-4-13(5-7-14)19(26)22-15-8-9-15/h4-7,10,12,15H,2-3,8-9H2,1H3,(H,22,26)(H,23,27). The zero-order valence-electron chi connectivity index (χ0n) is 15.5. The highest BCUT2D eigenvalue weighted by molar-refractivity contribution is 6.12. The van der Waals surface area contributed by atoms with Gasteiger partial charge in [-0.15, -0.1) is 0 Å². The molecule has 3 aromatic rings. The molecule has 142 valence electrons. The van der Waals surface area contributed by atoms with Gasteiger partial charge < -0.3 is 15.2 Å². The van der Waals surface area contributed by atoms with Gasteiger partial charge in [0, 0.05) is 28.9 Å². The van der Waals surface area contributed by atoms with Crippen molar-refractivity contribution in [3.05, 3.63) is 52.8 Å². The summed E-state index contributed by atoms with van der Waals surface area (Å²) in [5, 5.41) is 10.5. The number of aryl methyl sites for hydroxylation is 1. The lowest BCUT2D eigenvalue weighted by Crippen LogP contribution is -2.25. The number of carbonyl (C=O) groups is 2. The Hall–Kier alpha value is -3.22. The van der Waals surface area contributed by atoms with Gasteiger partial charge in [0.25, 0.3) is 17.5 Å². The van der Waals surface area contributed by atoms with Crippen LogP contribution in [0.5, 0.6) is 0 Å². The molecular formula is C21H20N4O3. The van der Waals surface area contributed by atoms with E-state index in [2.05, 4.69) is 20.8 Å². The Morgan fingerprint density at radius 3 is 2.50 bits per heavy atom. The van der Waals surface area contributed by atoms with E-state index >= 15 is 0 Å². The Bertz CT molecular complexity index is 1080. The van der Waals surface area contributed by atoms with E-state index < -0.39 is 0 Å². The number of amides is 2. The van der Waals surface area contributed by atoms with Crippen molar-refractivity contribution in [1.82, 2.24) is 15.5 Å². The number of rotatable bonds is 5. The third kappa shape index (κ3) is 3.24. The van der Waals surface area contributed by atoms with Crippen molar-refractivity contribution in [1.29, 1.82) is 0 Å². The van der Waals surface area contributed by atoms with Crippen LogP contribution < -0.4 is 10.6 Å². The number of fused-ring (bicyclic) bond motifs is 1. The van der Waals surface area contributed by atoms with Crippen LogP contribution in [0.2, 0.25) is 0 Å². The first-order valence-corrected chi connectivity index (χ1v) is 9.57. The number of nitrogens with zero attached hydrogens (tertiary/aromatic N) is 2. The van der Waals surface area contributed by atoms with E-state index in [1.807, 2.05) is 6.07 Å². The smallest absolute Gasteiger partial charge is 0.259 e. The summed E-state index contributed by atoms with van der Waals surface area (Å²) in [7, 11) is 0. The molecule has 2 fully saturated rings. The number of aromatic nitrogens is 2. The molecule has 0 spiro atoms. The number of carbonyl (C=O) groups excluding carboxylic acids is 2. The second kappa shape index (κ2) is 6.44. The molecule has 2 aliphatic carbocycles. The summed E-state index contributed by atoms with van der Waals surface area (Å²) in [4.78, 5) is 29.6. The molecule has 2 N–H and O–H groups in total. The van der Waals surface area contributed by atoms with Crippen LogP contribution >= 0.6 is 0 Å². The number of pyridine rings is 1. The quantitative estimate of drug-likeness (QED) is 0.710. The van der Waals surface area contributed by atoms with Crippen molar-refractivity contribution >= 4 is 28.6 Å². The molecule has 0 atom stereocenters. The van der Waals surface area contributed by atoms with Gasteiger partial charge in [0.2, 0.25) is 0 Å². The van der Waals surface area contributed by atoms with Crippen LogP contribution in [0.4, 0.5) is 5.69 Å². The van der Waals surface area contributed by atoms with Crippen molar-refractivity contribution in [2.75, 3.05) is 5.32 Å². The molecule has 2 heterocycles. The predicted molar refractivity (Wildman–Crippen MR) is 103 cm³/mol. The predicted octanol–water partition coefficient (Wildman–Crippen LogP) is 3.55. The molecule has 2 aromatic heterocycles. The number of anilines is 1. The largest absolute Gasteiger partial charge is 0.349 e. The minimum atomic E-state index is -0.240. The third-order valence-corrected chi connectivity index (χ3v) is 5.19. The van der Waals surface area contributed by atoms with Gasteiger partial charge in [0.15, 0.2) is 0 Å². The molecule has 1 aromatic carbocycles. The van der Waals surface area contributed by atoms with Crippen LogP contribution in [-0.4, -0.2) is 28.0 Å². The molecular weight excluding hydrogens is 356 g/mol. The van der Waals surface area contributed by atoms with E-state index in [-0.39, 0.29) is 11.8 Å². The van der Waals surface area contributed by atoms with E-state index in [0.29, 0.717) is 45.6 Å². The Balaban J connectivity index is 1.39. The van der Waals surface area contributed by atoms with Gasteiger partial charge in [-0.3, -0.25) is 9.59 Å². The summed E-state index contributed by atoms with van der Waals surface area (Å²) in [6.45, 7) is 1.80. The fraction of sp³-hybridized carbons (Fsp3) is 0.333. The van der Waals surface area contributed by atoms with E-state index in [0.717, 1.165) is 31.4 Å². The Kier molecular flexibility index (Phi) is 3.89. The first-order chi connectivity index (χ1) is 13.6. The van der Waals surface area contributed by atoms with Crippen LogP contribution in [0.25, 0.3) is 11.1 Å². The molecule has 28 heavy (non-hydrogen) atoms. The fourth-order valence-corrected chi connectivity index (χ4v) is 3.28. The number of hydrogen-bond acceptors (Lipinski definition) is 5. The minimum absolute atomic E-state index is 0.0783. The Labute approximate surface area is 161 Å². The van der Waals surface area contributed by atoms with E-state index in [9.17, 15) is 9.59 Å². The summed E-state index contributed by atoms with van der Waals surface area (Å²) in [5.41, 5.74) is 3.64. The maximum atomic E-state index is 13.0. The highest BCUT2D eigenvalue weighted by Gasteiger charge is 2.29. The van der Waals surface area contributed by atoms with Crippen LogP contribution in [0, 0.1) is 6.92 Å². The normalized spacial score (nSPS) is 16.2. The number of hydrogen-bond donors (Lipinski definition) is 2. The molecule has 0 unspecified atom stereocenters. The molecule has 0 saturated heterocycles. The molecule has 2 aliphatic rings. The lowest BCUT2D eigenvalue weighted by molar-refractivity contribution is 0.0950. The summed E-state index contributed by atoms with van der Waals surface area (Å²) in [6, 6.07) is 9.07. The first kappa shape index (κ1) is 16.9. The summed E-state index contributed by atoms with van der Waals surface area (Å²) in [5.74, 6) is 0.0757. The SMILES string of the molecule is Cc1noc2nc(C3CC3)cc(C(=O)Nc3ccc(C(=O)NC4CC4)cc3)c12. The van der Waals surface area contributed by atoms with E-state index in [1.54, 1.807) is 31.2 Å². The van der Waals surface area contributed by atoms with E-state index in [4.69, 9.17) is 4.52 Å². The monoisotopic (exact) mass is 376 g/mol. The number of nitrogens with one attached hydrogen (secondary N) is 2. The van der Waals surface area contributed by atoms with E-state index in [1.165, 1.54) is 0 Å². The molecule has 2 saturated carbocycles. The third-order valence-electron chi connectivity index (χ3n) is 5.19. The molecule has 7 heteroatoms. The topological polar surface area (TPSA) is 97.1 Å². The lowest BCUT2D eigenvalue weighted by atomic mass is 10.1. The van der Waals surface area contributed by atoms with Gasteiger partial charge in [-0.1, -0.05) is 5.16 Å². The molecule has 0 bridgehead atoms. The van der Waals surface area contributed by atoms with Crippen LogP contribution in [0.15, 0.2) is 34.9 Å². The average Bonchev–Trinajstić information content (AvgIpc) is 3.61. The van der Waals surface area contributed by atoms with Crippen molar-refractivity contribution < 1.29 is 14.1 Å². The minimum Gasteiger partial charge on any atom is -0.349 e. The van der Waals surface area contributed by atoms with Crippen molar-refractivity contribution in [3.63, 3.8) is 0 Å². The molecule has 0 aliphatic heterocycles. The summed E-state index contributed by atoms with van der Waals surface area (Å²) < 4.78 is 5.30. The Morgan fingerprint density at radius 1 is 1.07 bits per heavy atom. The van der Waals surface area contributed by atoms with Gasteiger partial charge in [-0.05, 0) is 62.9 Å². The zero-order valence-corrected chi connectivity index (χ0v) is 15.5. The molecule has 0 radical (unpaired) electrons. The van der Waals surface area contributed by atoms with Crippen molar-refractivity contribution in [2.24, 2.45) is 0 Å². The first-order valence-electron chi connectivity index (χ1n) is 9.57. The van der Waals surface area contributed by atoms with Crippen LogP contribution in [0.1, 0.15) is 63.7 Å². The highest BCUT2D eigenvalue weighted by Crippen LogP contribution is 2.40. The summed E-state index contributed by atoms with van der Waals surface area (Å²) >= 11 is 0. The lowest BCUT2D eigenvalue weighted by Gasteiger charge is -2.09. The molecule has 5 rings (SSSR count).